The van der Waals surface area contributed by atoms with Crippen molar-refractivity contribution in [3.63, 3.8) is 0 Å². The molecule has 2 aliphatic heterocycles. The van der Waals surface area contributed by atoms with E-state index in [1.165, 1.54) is 0 Å². The van der Waals surface area contributed by atoms with Crippen LogP contribution in [-0.2, 0) is 29.6 Å². The molecule has 4 unspecified atom stereocenters. The highest BCUT2D eigenvalue weighted by Gasteiger charge is 2.41. The molecule has 42 heavy (non-hydrogen) atoms. The van der Waals surface area contributed by atoms with Gasteiger partial charge in [0, 0.05) is 46.3 Å². The van der Waals surface area contributed by atoms with Crippen LogP contribution in [-0.4, -0.2) is 99.9 Å². The van der Waals surface area contributed by atoms with Gasteiger partial charge in [-0.1, -0.05) is 23.4 Å². The van der Waals surface area contributed by atoms with Crippen molar-refractivity contribution in [1.29, 1.82) is 0 Å². The van der Waals surface area contributed by atoms with Crippen LogP contribution in [0.15, 0.2) is 42.5 Å². The SMILES string of the molecule is COc1ccc(CC2CC(C(=O)NCc3ccc4c(c3)nnn4C)N(C(=O)C(N)CCC(O)N3CCNCC3)C2)cc1. The molecule has 5 rings (SSSR count). The lowest BCUT2D eigenvalue weighted by atomic mass is 9.96. The second-order valence-corrected chi connectivity index (χ2v) is 11.4. The Morgan fingerprint density at radius 1 is 1.14 bits per heavy atom. The molecule has 0 aliphatic carbocycles. The van der Waals surface area contributed by atoms with E-state index in [4.69, 9.17) is 10.5 Å². The van der Waals surface area contributed by atoms with E-state index < -0.39 is 18.3 Å². The number of ether oxygens (including phenoxy) is 1. The average molecular weight is 579 g/mol. The average Bonchev–Trinajstić information content (AvgIpc) is 3.62. The maximum Gasteiger partial charge on any atom is 0.243 e. The number of aromatic nitrogens is 3. The molecule has 2 aromatic carbocycles. The molecule has 226 valence electrons. The highest BCUT2D eigenvalue weighted by molar-refractivity contribution is 5.90. The Bertz CT molecular complexity index is 1360. The zero-order chi connectivity index (χ0) is 29.6. The van der Waals surface area contributed by atoms with E-state index in [0.717, 1.165) is 60.5 Å². The number of aliphatic hydroxyl groups excluding tert-OH is 1. The van der Waals surface area contributed by atoms with Gasteiger partial charge in [0.25, 0.3) is 0 Å². The summed E-state index contributed by atoms with van der Waals surface area (Å²) in [5, 5.41) is 25.1. The van der Waals surface area contributed by atoms with Gasteiger partial charge in [-0.25, -0.2) is 4.68 Å². The molecule has 3 heterocycles. The van der Waals surface area contributed by atoms with E-state index in [1.54, 1.807) is 16.7 Å². The van der Waals surface area contributed by atoms with Gasteiger partial charge in [-0.3, -0.25) is 14.5 Å². The summed E-state index contributed by atoms with van der Waals surface area (Å²) < 4.78 is 6.98. The number of nitrogens with two attached hydrogens (primary N) is 1. The number of hydrogen-bond donors (Lipinski definition) is 4. The molecular formula is C30H42N8O4. The molecule has 2 amide bonds. The third kappa shape index (κ3) is 7.06. The molecule has 2 saturated heterocycles. The smallest absolute Gasteiger partial charge is 0.243 e. The number of hydrogen-bond acceptors (Lipinski definition) is 9. The number of fused-ring (bicyclic) bond motifs is 1. The number of nitrogens with zero attached hydrogens (tertiary/aromatic N) is 5. The number of aryl methyl sites for hydroxylation is 1. The second kappa shape index (κ2) is 13.6. The summed E-state index contributed by atoms with van der Waals surface area (Å²) in [6.07, 6.45) is 1.38. The van der Waals surface area contributed by atoms with Gasteiger partial charge in [0.05, 0.1) is 18.7 Å². The van der Waals surface area contributed by atoms with Gasteiger partial charge in [0.1, 0.15) is 23.5 Å². The van der Waals surface area contributed by atoms with E-state index in [9.17, 15) is 14.7 Å². The van der Waals surface area contributed by atoms with Crippen molar-refractivity contribution >= 4 is 22.8 Å². The number of rotatable bonds is 11. The summed E-state index contributed by atoms with van der Waals surface area (Å²) in [5.74, 6) is 0.439. The lowest BCUT2D eigenvalue weighted by Crippen LogP contribution is -2.52. The predicted octanol–water partition coefficient (Wildman–Crippen LogP) is 0.384. The normalized spacial score (nSPS) is 20.9. The Morgan fingerprint density at radius 3 is 2.62 bits per heavy atom. The molecule has 0 saturated carbocycles. The topological polar surface area (TPSA) is 151 Å². The molecule has 5 N–H and O–H groups in total. The van der Waals surface area contributed by atoms with E-state index >= 15 is 0 Å². The fraction of sp³-hybridized carbons (Fsp3) is 0.533. The van der Waals surface area contributed by atoms with Crippen LogP contribution in [0.4, 0.5) is 0 Å². The third-order valence-corrected chi connectivity index (χ3v) is 8.42. The largest absolute Gasteiger partial charge is 0.497 e. The van der Waals surface area contributed by atoms with Gasteiger partial charge < -0.3 is 31.1 Å². The Morgan fingerprint density at radius 2 is 1.88 bits per heavy atom. The summed E-state index contributed by atoms with van der Waals surface area (Å²) in [4.78, 5) is 30.8. The molecule has 3 aromatic rings. The van der Waals surface area contributed by atoms with Crippen molar-refractivity contribution in [3.05, 3.63) is 53.6 Å². The Kier molecular flexibility index (Phi) is 9.68. The zero-order valence-electron chi connectivity index (χ0n) is 24.4. The predicted molar refractivity (Wildman–Crippen MR) is 158 cm³/mol. The Balaban J connectivity index is 1.24. The van der Waals surface area contributed by atoms with Gasteiger partial charge in [-0.2, -0.15) is 0 Å². The number of aliphatic hydroxyl groups is 1. The van der Waals surface area contributed by atoms with Crippen molar-refractivity contribution in [1.82, 2.24) is 35.4 Å². The van der Waals surface area contributed by atoms with Crippen LogP contribution < -0.4 is 21.1 Å². The molecule has 12 heteroatoms. The molecule has 4 atom stereocenters. The lowest BCUT2D eigenvalue weighted by Gasteiger charge is -2.32. The number of carbonyl (C=O) groups is 2. The molecule has 0 spiro atoms. The molecule has 2 fully saturated rings. The minimum absolute atomic E-state index is 0.104. The van der Waals surface area contributed by atoms with Gasteiger partial charge in [-0.05, 0) is 67.0 Å². The molecular weight excluding hydrogens is 536 g/mol. The number of nitrogens with one attached hydrogen (secondary N) is 2. The van der Waals surface area contributed by atoms with Crippen molar-refractivity contribution in [2.24, 2.45) is 18.7 Å². The number of likely N-dealkylation sites (tertiary alicyclic amines) is 1. The lowest BCUT2D eigenvalue weighted by molar-refractivity contribution is -0.139. The van der Waals surface area contributed by atoms with Crippen LogP contribution in [0.5, 0.6) is 5.75 Å². The monoisotopic (exact) mass is 578 g/mol. The molecule has 0 bridgehead atoms. The van der Waals surface area contributed by atoms with Gasteiger partial charge in [0.2, 0.25) is 11.8 Å². The van der Waals surface area contributed by atoms with Crippen molar-refractivity contribution < 1.29 is 19.4 Å². The number of benzene rings is 2. The van der Waals surface area contributed by atoms with Crippen LogP contribution in [0.1, 0.15) is 30.4 Å². The first-order valence-corrected chi connectivity index (χ1v) is 14.7. The zero-order valence-corrected chi connectivity index (χ0v) is 24.4. The summed E-state index contributed by atoms with van der Waals surface area (Å²) >= 11 is 0. The Labute approximate surface area is 246 Å². The number of piperazine rings is 1. The quantitative estimate of drug-likeness (QED) is 0.253. The minimum Gasteiger partial charge on any atom is -0.497 e. The minimum atomic E-state index is -0.795. The molecule has 0 radical (unpaired) electrons. The van der Waals surface area contributed by atoms with Crippen LogP contribution in [0.3, 0.4) is 0 Å². The standard InChI is InChI=1S/C30H42N8O4/c1-36-26-9-5-21(16-25(26)34-35-36)18-33-29(40)27-17-22(15-20-3-6-23(42-2)7-4-20)19-38(27)30(41)24(31)8-10-28(39)37-13-11-32-12-14-37/h3-7,9,16,22,24,27-28,32,39H,8,10-15,17-19,31H2,1-2H3,(H,33,40). The van der Waals surface area contributed by atoms with E-state index in [-0.39, 0.29) is 17.7 Å². The summed E-state index contributed by atoms with van der Waals surface area (Å²) in [6.45, 7) is 3.94. The maximum absolute atomic E-state index is 13.6. The molecule has 12 nitrogen and oxygen atoms in total. The summed E-state index contributed by atoms with van der Waals surface area (Å²) in [7, 11) is 3.47. The van der Waals surface area contributed by atoms with Gasteiger partial charge in [0.15, 0.2) is 0 Å². The summed E-state index contributed by atoms with van der Waals surface area (Å²) in [6, 6.07) is 12.2. The third-order valence-electron chi connectivity index (χ3n) is 8.42. The molecule has 1 aromatic heterocycles. The number of methoxy groups -OCH3 is 1. The number of carbonyl (C=O) groups excluding carboxylic acids is 2. The van der Waals surface area contributed by atoms with E-state index in [2.05, 4.69) is 20.9 Å². The van der Waals surface area contributed by atoms with Crippen molar-refractivity contribution in [2.75, 3.05) is 39.8 Å². The van der Waals surface area contributed by atoms with E-state index in [0.29, 0.717) is 32.4 Å². The van der Waals surface area contributed by atoms with Crippen molar-refractivity contribution in [2.45, 2.75) is 50.5 Å². The highest BCUT2D eigenvalue weighted by Crippen LogP contribution is 2.28. The van der Waals surface area contributed by atoms with Crippen molar-refractivity contribution in [3.8, 4) is 5.75 Å². The van der Waals surface area contributed by atoms with E-state index in [1.807, 2.05) is 54.4 Å². The van der Waals surface area contributed by atoms with Gasteiger partial charge in [-0.15, -0.1) is 5.10 Å². The van der Waals surface area contributed by atoms with Crippen LogP contribution >= 0.6 is 0 Å². The fourth-order valence-electron chi connectivity index (χ4n) is 5.99. The number of amides is 2. The van der Waals surface area contributed by atoms with Crippen LogP contribution in [0.25, 0.3) is 11.0 Å². The highest BCUT2D eigenvalue weighted by atomic mass is 16.5. The first-order chi connectivity index (χ1) is 20.3. The van der Waals surface area contributed by atoms with Crippen LogP contribution in [0.2, 0.25) is 0 Å². The van der Waals surface area contributed by atoms with Gasteiger partial charge >= 0.3 is 0 Å². The summed E-state index contributed by atoms with van der Waals surface area (Å²) in [5.41, 5.74) is 10.1. The maximum atomic E-state index is 13.6. The van der Waals surface area contributed by atoms with Crippen LogP contribution in [0, 0.1) is 5.92 Å². The first kappa shape index (κ1) is 29.9. The first-order valence-electron chi connectivity index (χ1n) is 14.7. The fourth-order valence-corrected chi connectivity index (χ4v) is 5.99. The Hall–Kier alpha value is -3.58. The molecule has 2 aliphatic rings. The second-order valence-electron chi connectivity index (χ2n) is 11.4.